The number of ether oxygens (including phenoxy) is 1. The van der Waals surface area contributed by atoms with Crippen molar-refractivity contribution < 1.29 is 14.3 Å². The zero-order valence-electron chi connectivity index (χ0n) is 23.9. The summed E-state index contributed by atoms with van der Waals surface area (Å²) in [6.07, 6.45) is 9.42. The van der Waals surface area contributed by atoms with Crippen molar-refractivity contribution in [3.05, 3.63) is 132 Å². The average Bonchev–Trinajstić information content (AvgIpc) is 3.07. The second-order valence-electron chi connectivity index (χ2n) is 11.0. The molecule has 6 rings (SSSR count). The monoisotopic (exact) mass is 570 g/mol. The maximum absolute atomic E-state index is 13.4. The normalized spacial score (nSPS) is 14.1. The summed E-state index contributed by atoms with van der Waals surface area (Å²) in [4.78, 5) is 35.6. The van der Waals surface area contributed by atoms with E-state index in [-0.39, 0.29) is 11.8 Å². The number of hydrogen-bond acceptors (Lipinski definition) is 5. The fourth-order valence-electron chi connectivity index (χ4n) is 5.60. The Balaban J connectivity index is 1.15. The van der Waals surface area contributed by atoms with Gasteiger partial charge in [0, 0.05) is 23.5 Å². The second-order valence-corrected chi connectivity index (χ2v) is 11.0. The fraction of sp³-hybridized carbons (Fsp3) is 0.222. The zero-order valence-corrected chi connectivity index (χ0v) is 23.9. The maximum atomic E-state index is 13.4. The molecule has 7 heteroatoms. The highest BCUT2D eigenvalue weighted by atomic mass is 16.5. The van der Waals surface area contributed by atoms with Crippen molar-refractivity contribution in [2.45, 2.75) is 38.1 Å². The number of aromatic nitrogens is 2. The predicted molar refractivity (Wildman–Crippen MR) is 168 cm³/mol. The van der Waals surface area contributed by atoms with Crippen LogP contribution in [0.3, 0.4) is 0 Å². The first kappa shape index (κ1) is 28.1. The summed E-state index contributed by atoms with van der Waals surface area (Å²) in [5.74, 6) is 0.648. The van der Waals surface area contributed by atoms with Gasteiger partial charge in [-0.3, -0.25) is 19.6 Å². The minimum Gasteiger partial charge on any atom is -0.492 e. The van der Waals surface area contributed by atoms with Crippen LogP contribution in [0.4, 0.5) is 5.69 Å². The van der Waals surface area contributed by atoms with Crippen LogP contribution < -0.4 is 15.4 Å². The van der Waals surface area contributed by atoms with Gasteiger partial charge in [0.25, 0.3) is 11.8 Å². The Labute approximate surface area is 251 Å². The number of rotatable bonds is 9. The standard InChI is InChI=1S/C36H34N4O3/c41-35(40-34(26-13-5-2-6-14-26)31-16-9-10-20-37-31)28-21-27-18-19-29(22-32(27)38-23-28)39-36(42)30-15-7-8-17-33(30)43-24-25-11-3-1-4-12-25/h2,5-10,13-23,25,34H,1,3-4,11-12,24H2,(H,39,42)(H,40,41). The Morgan fingerprint density at radius 1 is 0.814 bits per heavy atom. The number of carbonyl (C=O) groups is 2. The molecule has 2 heterocycles. The van der Waals surface area contributed by atoms with Crippen LogP contribution in [-0.2, 0) is 0 Å². The number of para-hydroxylation sites is 1. The van der Waals surface area contributed by atoms with Crippen LogP contribution in [0.15, 0.2) is 109 Å². The molecule has 3 aromatic carbocycles. The SMILES string of the molecule is O=C(NC(c1ccccc1)c1ccccn1)c1cnc2cc(NC(=O)c3ccccc3OCC3CCCCC3)ccc2c1. The summed E-state index contributed by atoms with van der Waals surface area (Å²) >= 11 is 0. The molecular formula is C36H34N4O3. The van der Waals surface area contributed by atoms with Crippen molar-refractivity contribution >= 4 is 28.4 Å². The third-order valence-corrected chi connectivity index (χ3v) is 7.93. The fourth-order valence-corrected chi connectivity index (χ4v) is 5.60. The number of fused-ring (bicyclic) bond motifs is 1. The molecule has 1 fully saturated rings. The van der Waals surface area contributed by atoms with Crippen LogP contribution in [0.1, 0.15) is 70.1 Å². The molecule has 0 radical (unpaired) electrons. The van der Waals surface area contributed by atoms with Gasteiger partial charge in [-0.2, -0.15) is 0 Å². The molecular weight excluding hydrogens is 536 g/mol. The maximum Gasteiger partial charge on any atom is 0.259 e. The van der Waals surface area contributed by atoms with Gasteiger partial charge in [-0.15, -0.1) is 0 Å². The van der Waals surface area contributed by atoms with Crippen molar-refractivity contribution in [2.75, 3.05) is 11.9 Å². The Hall–Kier alpha value is -5.04. The van der Waals surface area contributed by atoms with E-state index >= 15 is 0 Å². The van der Waals surface area contributed by atoms with Gasteiger partial charge in [0.15, 0.2) is 0 Å². The first-order valence-corrected chi connectivity index (χ1v) is 14.8. The van der Waals surface area contributed by atoms with Crippen LogP contribution in [0.2, 0.25) is 0 Å². The topological polar surface area (TPSA) is 93.2 Å². The Morgan fingerprint density at radius 3 is 2.42 bits per heavy atom. The van der Waals surface area contributed by atoms with Crippen LogP contribution >= 0.6 is 0 Å². The average molecular weight is 571 g/mol. The van der Waals surface area contributed by atoms with E-state index in [9.17, 15) is 9.59 Å². The number of nitrogens with zero attached hydrogens (tertiary/aromatic N) is 2. The lowest BCUT2D eigenvalue weighted by Crippen LogP contribution is -2.30. The van der Waals surface area contributed by atoms with Crippen LogP contribution in [-0.4, -0.2) is 28.4 Å². The summed E-state index contributed by atoms with van der Waals surface area (Å²) in [5.41, 5.74) is 3.90. The Kier molecular flexibility index (Phi) is 8.69. The van der Waals surface area contributed by atoms with E-state index in [2.05, 4.69) is 20.6 Å². The molecule has 1 aliphatic rings. The number of anilines is 1. The zero-order chi connectivity index (χ0) is 29.4. The minimum absolute atomic E-state index is 0.240. The second kappa shape index (κ2) is 13.3. The highest BCUT2D eigenvalue weighted by Gasteiger charge is 2.20. The summed E-state index contributed by atoms with van der Waals surface area (Å²) in [5, 5.41) is 6.88. The van der Waals surface area contributed by atoms with Crippen molar-refractivity contribution in [3.63, 3.8) is 0 Å². The number of benzene rings is 3. The van der Waals surface area contributed by atoms with E-state index in [1.807, 2.05) is 78.9 Å². The van der Waals surface area contributed by atoms with Crippen molar-refractivity contribution in [1.29, 1.82) is 0 Å². The number of hydrogen-bond donors (Lipinski definition) is 2. The first-order chi connectivity index (χ1) is 21.1. The van der Waals surface area contributed by atoms with Gasteiger partial charge in [-0.1, -0.05) is 73.9 Å². The Bertz CT molecular complexity index is 1660. The highest BCUT2D eigenvalue weighted by Crippen LogP contribution is 2.27. The summed E-state index contributed by atoms with van der Waals surface area (Å²) in [6.45, 7) is 0.633. The van der Waals surface area contributed by atoms with Crippen LogP contribution in [0.25, 0.3) is 10.9 Å². The van der Waals surface area contributed by atoms with Gasteiger partial charge in [0.2, 0.25) is 0 Å². The molecule has 2 aromatic heterocycles. The van der Waals surface area contributed by atoms with E-state index in [4.69, 9.17) is 4.74 Å². The highest BCUT2D eigenvalue weighted by molar-refractivity contribution is 6.07. The Morgan fingerprint density at radius 2 is 1.60 bits per heavy atom. The van der Waals surface area contributed by atoms with Crippen LogP contribution in [0, 0.1) is 5.92 Å². The minimum atomic E-state index is -0.405. The van der Waals surface area contributed by atoms with Gasteiger partial charge < -0.3 is 15.4 Å². The third-order valence-electron chi connectivity index (χ3n) is 7.93. The molecule has 43 heavy (non-hydrogen) atoms. The lowest BCUT2D eigenvalue weighted by atomic mass is 9.90. The molecule has 0 aliphatic heterocycles. The summed E-state index contributed by atoms with van der Waals surface area (Å²) < 4.78 is 6.11. The molecule has 2 amide bonds. The molecule has 5 aromatic rings. The van der Waals surface area contributed by atoms with Gasteiger partial charge in [0.05, 0.1) is 35.0 Å². The lowest BCUT2D eigenvalue weighted by molar-refractivity contribution is 0.0941. The predicted octanol–water partition coefficient (Wildman–Crippen LogP) is 7.36. The summed E-state index contributed by atoms with van der Waals surface area (Å²) in [6, 6.07) is 29.6. The molecule has 2 N–H and O–H groups in total. The molecule has 0 bridgehead atoms. The number of nitrogens with one attached hydrogen (secondary N) is 2. The largest absolute Gasteiger partial charge is 0.492 e. The number of amides is 2. The van der Waals surface area contributed by atoms with Gasteiger partial charge in [-0.25, -0.2) is 0 Å². The van der Waals surface area contributed by atoms with Gasteiger partial charge >= 0.3 is 0 Å². The summed E-state index contributed by atoms with van der Waals surface area (Å²) in [7, 11) is 0. The lowest BCUT2D eigenvalue weighted by Gasteiger charge is -2.22. The van der Waals surface area contributed by atoms with Gasteiger partial charge in [-0.05, 0) is 66.8 Å². The molecule has 1 aliphatic carbocycles. The van der Waals surface area contributed by atoms with E-state index in [0.29, 0.717) is 40.6 Å². The first-order valence-electron chi connectivity index (χ1n) is 14.8. The van der Waals surface area contributed by atoms with E-state index < -0.39 is 6.04 Å². The molecule has 0 spiro atoms. The quantitative estimate of drug-likeness (QED) is 0.193. The molecule has 1 saturated carbocycles. The smallest absolute Gasteiger partial charge is 0.259 e. The molecule has 216 valence electrons. The molecule has 7 nitrogen and oxygen atoms in total. The van der Waals surface area contributed by atoms with E-state index in [0.717, 1.165) is 16.6 Å². The molecule has 1 unspecified atom stereocenters. The third kappa shape index (κ3) is 6.89. The number of pyridine rings is 2. The molecule has 1 atom stereocenters. The number of carbonyl (C=O) groups excluding carboxylic acids is 2. The van der Waals surface area contributed by atoms with Crippen molar-refractivity contribution in [1.82, 2.24) is 15.3 Å². The van der Waals surface area contributed by atoms with Crippen molar-refractivity contribution in [3.8, 4) is 5.75 Å². The molecule has 0 saturated heterocycles. The van der Waals surface area contributed by atoms with E-state index in [1.54, 1.807) is 30.6 Å². The van der Waals surface area contributed by atoms with Gasteiger partial charge in [0.1, 0.15) is 5.75 Å². The van der Waals surface area contributed by atoms with E-state index in [1.165, 1.54) is 32.1 Å². The van der Waals surface area contributed by atoms with Crippen LogP contribution in [0.5, 0.6) is 5.75 Å². The van der Waals surface area contributed by atoms with Crippen molar-refractivity contribution in [2.24, 2.45) is 5.92 Å².